The summed E-state index contributed by atoms with van der Waals surface area (Å²) in [6.07, 6.45) is -2.38. The highest BCUT2D eigenvalue weighted by atomic mass is 33.5. The van der Waals surface area contributed by atoms with E-state index < -0.39 is 203 Å². The molecule has 6 aliphatic heterocycles. The van der Waals surface area contributed by atoms with E-state index >= 15 is 0 Å². The Morgan fingerprint density at radius 2 is 1.15 bits per heavy atom. The van der Waals surface area contributed by atoms with Crippen molar-refractivity contribution >= 4 is 217 Å². The molecule has 1 unspecified atom stereocenters. The summed E-state index contributed by atoms with van der Waals surface area (Å²) < 4.78 is 23.1. The van der Waals surface area contributed by atoms with Crippen LogP contribution in [0.4, 0.5) is 16.2 Å². The van der Waals surface area contributed by atoms with Crippen LogP contribution in [0.1, 0.15) is 190 Å². The summed E-state index contributed by atoms with van der Waals surface area (Å²) in [5.74, 6) is -11.9. The van der Waals surface area contributed by atoms with Crippen LogP contribution in [0, 0.1) is 53.3 Å². The number of aliphatic hydroxyl groups excluding tert-OH is 1. The van der Waals surface area contributed by atoms with Crippen LogP contribution in [-0.4, -0.2) is 213 Å². The van der Waals surface area contributed by atoms with Crippen LogP contribution < -0.4 is 42.5 Å². The number of likely N-dealkylation sites (tertiary alicyclic amines) is 1. The molecule has 4 saturated heterocycles. The number of para-hydroxylation sites is 2. The van der Waals surface area contributed by atoms with Gasteiger partial charge in [0, 0.05) is 183 Å². The fourth-order valence-corrected chi connectivity index (χ4v) is 46.6. The van der Waals surface area contributed by atoms with Crippen molar-refractivity contribution in [3.63, 3.8) is 0 Å². The van der Waals surface area contributed by atoms with E-state index in [2.05, 4.69) is 56.0 Å². The topological polar surface area (TPSA) is 405 Å². The van der Waals surface area contributed by atoms with E-state index in [4.69, 9.17) is 41.3 Å². The third-order valence-corrected chi connectivity index (χ3v) is 50.1. The number of aliphatic hydroxyl groups is 2. The van der Waals surface area contributed by atoms with E-state index in [1.54, 1.807) is 168 Å². The molecule has 137 heavy (non-hydrogen) atoms. The van der Waals surface area contributed by atoms with E-state index in [-0.39, 0.29) is 75.0 Å². The lowest BCUT2D eigenvalue weighted by molar-refractivity contribution is -0.167. The number of amides is 9. The molecule has 4 aromatic rings. The molecule has 18 atom stereocenters. The van der Waals surface area contributed by atoms with Crippen molar-refractivity contribution in [2.45, 2.75) is 264 Å². The first-order valence-corrected chi connectivity index (χ1v) is 63.1. The summed E-state index contributed by atoms with van der Waals surface area (Å²) in [5, 5.41) is 46.4. The van der Waals surface area contributed by atoms with Crippen molar-refractivity contribution in [1.82, 2.24) is 46.6 Å². The fraction of sp³-hybridized carbons (Fsp3) is 0.581. The van der Waals surface area contributed by atoms with E-state index in [9.17, 15) is 72.5 Å². The monoisotopic (exact) mass is 2150 g/mol. The molecule has 12 rings (SSSR count). The first-order valence-electron chi connectivity index (χ1n) is 45.8. The van der Waals surface area contributed by atoms with Gasteiger partial charge in [0.15, 0.2) is 18.0 Å². The molecule has 0 aromatic heterocycles. The maximum atomic E-state index is 14.9. The number of hydrogen-bond acceptors (Lipinski definition) is 23. The Bertz CT molecular complexity index is 5690. The number of Topliss-reactive ketones (excluding diaryl/α,β-unsaturated/α-hetero) is 1. The Hall–Kier alpha value is -7.67. The second-order valence-electron chi connectivity index (χ2n) is 37.9. The molecule has 6 heterocycles. The number of ether oxygens (including phenoxy) is 4. The third-order valence-electron chi connectivity index (χ3n) is 25.7. The molecule has 750 valence electrons. The van der Waals surface area contributed by atoms with Crippen LogP contribution in [0.15, 0.2) is 110 Å². The molecule has 4 aromatic carbocycles. The minimum Gasteiger partial charge on any atom is -0.461 e. The number of ketones is 1. The zero-order valence-corrected chi connectivity index (χ0v) is 90.7. The second-order valence-corrected chi connectivity index (χ2v) is 59.1. The molecule has 2 aliphatic carbocycles. The number of benzene rings is 4. The summed E-state index contributed by atoms with van der Waals surface area (Å²) in [7, 11) is 19.9. The van der Waals surface area contributed by atoms with Crippen molar-refractivity contribution in [2.24, 2.45) is 53.3 Å². The van der Waals surface area contributed by atoms with Crippen molar-refractivity contribution in [3.05, 3.63) is 132 Å². The van der Waals surface area contributed by atoms with Crippen LogP contribution in [0.5, 0.6) is 0 Å². The number of nitrogens with zero attached hydrogens (tertiary/aromatic N) is 3. The van der Waals surface area contributed by atoms with Crippen molar-refractivity contribution in [3.8, 4) is 11.1 Å². The minimum absolute atomic E-state index is 0.00233. The fourth-order valence-electron chi connectivity index (χ4n) is 19.1. The predicted octanol–water partition coefficient (Wildman–Crippen LogP) is 7.77. The maximum Gasteiger partial charge on any atom is 0.407 e. The average Bonchev–Trinajstić information content (AvgIpc) is 1.56. The van der Waals surface area contributed by atoms with E-state index in [1.165, 1.54) is 40.6 Å². The Balaban J connectivity index is 0.000000258. The smallest absolute Gasteiger partial charge is 0.407 e. The molecule has 9 amide bonds. The molecule has 5 fully saturated rings. The van der Waals surface area contributed by atoms with E-state index in [1.807, 2.05) is 114 Å². The normalized spacial score (nSPS) is 24.7. The van der Waals surface area contributed by atoms with E-state index in [0.29, 0.717) is 43.4 Å². The summed E-state index contributed by atoms with van der Waals surface area (Å²) in [5.41, 5.74) is 4.85. The molecule has 10 N–H and O–H groups in total. The van der Waals surface area contributed by atoms with Crippen molar-refractivity contribution in [1.29, 1.82) is 0 Å². The van der Waals surface area contributed by atoms with Gasteiger partial charge in [0.2, 0.25) is 35.4 Å². The molecule has 0 spiro atoms. The summed E-state index contributed by atoms with van der Waals surface area (Å²) >= 11 is 9.43. The molecule has 0 bridgehead atoms. The molecule has 8 aliphatic rings. The largest absolute Gasteiger partial charge is 0.461 e. The predicted molar refractivity (Wildman–Crippen MR) is 561 cm³/mol. The summed E-state index contributed by atoms with van der Waals surface area (Å²) in [6, 6.07) is 19.7. The maximum absolute atomic E-state index is 14.9. The number of carbonyl (C=O) groups is 13. The summed E-state index contributed by atoms with van der Waals surface area (Å²) in [4.78, 5) is 187. The lowest BCUT2D eigenvalue weighted by Crippen LogP contribution is -2.63. The lowest BCUT2D eigenvalue weighted by Gasteiger charge is -2.36. The molecule has 0 radical (unpaired) electrons. The first kappa shape index (κ1) is 111. The quantitative estimate of drug-likeness (QED) is 0.0172. The second kappa shape index (κ2) is 51.3. The number of carbonyl (C=O) groups excluding carboxylic acids is 13. The highest BCUT2D eigenvalue weighted by Crippen LogP contribution is 2.56. The zero-order chi connectivity index (χ0) is 100. The zero-order valence-electron chi connectivity index (χ0n) is 79.3. The Morgan fingerprint density at radius 3 is 1.71 bits per heavy atom. The molecular formula is C93H125N11O19S14. The van der Waals surface area contributed by atoms with Gasteiger partial charge in [0.25, 0.3) is 11.8 Å². The molecule has 1 saturated carbocycles. The number of nitrogens with one attached hydrogen (secondary N) is 8. The van der Waals surface area contributed by atoms with Gasteiger partial charge >= 0.3 is 24.0 Å². The first-order chi connectivity index (χ1) is 65.1. The highest BCUT2D eigenvalue weighted by molar-refractivity contribution is 8.76. The Kier molecular flexibility index (Phi) is 41.7. The number of hydrogen-bond donors (Lipinski definition) is 10. The van der Waals surface area contributed by atoms with Gasteiger partial charge in [-0.15, -0.1) is 0 Å². The average molecular weight is 2150 g/mol. The van der Waals surface area contributed by atoms with Crippen LogP contribution in [0.3, 0.4) is 0 Å². The SMILES string of the molecule is C=CCOC(=O)[C@@H]1C[C@@]2(C)c3ccccc3N[C@H]2C1C(=O)[C@H](NC(=O)[C@H](CC(C)C)NC(=O)[C@H]1CCCN1C(=O)[C@@H](OC(=O)[C@H](NC(=O)OCC1c2ccccc2-c2ccccc21)C(C)C)C(C)C)C(C)C.CC(C)C[C@@H]1NC(=O)[C@H]2CCCN2C(=O)[C@H](C(C)C)OC(=O)[C@@H](C(C)C)NC(=O)[C@@H]2C[C@@]3(O)c4ccccc4N[C@H]3N2C(=O)[C@@H]([C@H](C)O)NC1=O.S=S=S=S=S=S=S=S=S=S=S=S=S=S. The van der Waals surface area contributed by atoms with Gasteiger partial charge in [0.05, 0.1) is 24.0 Å². The van der Waals surface area contributed by atoms with Gasteiger partial charge in [-0.3, -0.25) is 47.9 Å². The minimum atomic E-state index is -1.75. The number of rotatable bonds is 25. The van der Waals surface area contributed by atoms with Gasteiger partial charge < -0.3 is 86.4 Å². The number of esters is 3. The van der Waals surface area contributed by atoms with E-state index in [0.717, 1.165) is 38.4 Å². The number of cyclic esters (lactones) is 1. The van der Waals surface area contributed by atoms with Crippen molar-refractivity contribution < 1.29 is 91.5 Å². The molecule has 44 heteroatoms. The number of anilines is 2. The third kappa shape index (κ3) is 27.2. The lowest BCUT2D eigenvalue weighted by atomic mass is 9.77. The van der Waals surface area contributed by atoms with Crippen molar-refractivity contribution in [2.75, 3.05) is 36.9 Å². The van der Waals surface area contributed by atoms with Gasteiger partial charge in [0.1, 0.15) is 73.3 Å². The number of fused-ring (bicyclic) bond motifs is 12. The summed E-state index contributed by atoms with van der Waals surface area (Å²) in [6.45, 7) is 32.5. The van der Waals surface area contributed by atoms with Gasteiger partial charge in [-0.2, -0.15) is 0 Å². The van der Waals surface area contributed by atoms with Gasteiger partial charge in [-0.05, 0) is 133 Å². The van der Waals surface area contributed by atoms with Crippen LogP contribution in [0.2, 0.25) is 0 Å². The molecule has 30 nitrogen and oxygen atoms in total. The highest BCUT2D eigenvalue weighted by Gasteiger charge is 2.64. The standard InChI is InChI=1S/C57H73N5O10.C36H52N6O9.S14/c1-11-27-70-54(67)39-29-57(10)41-23-16-17-24-42(41)58-50(57)45(39)48(63)46(32(4)5)60-51(64)43(28-31(2)3)59-52(65)44-25-18-26-62(44)53(66)49(34(8)9)72-55(68)47(33(6)7)61-56(69)71-30-40-37-21-14-12-19-35(37)36-20-13-15-22-38(36)40;1-17(2)15-23-29(44)40-27(20(7)43)32(47)42-25(16-36(50)21-11-8-9-12-22(21)38-35(36)42)31(46)39-26(18(3)4)34(49)51-28(19(5)6)33(48)41-14-10-13-24(41)30(45)37-23;1-3-5-7-9-11-13-14-12-10-8-6-4-2/h11-17,19-24,31-34,39-40,43-47,49-50,58H,1,18,25-30H2,2-10H3,(H,59,65)(H,60,64)(H,61,69);8-9,11-12,17-20,23-28,35,38,43,50H,10,13-16H2,1-7H3,(H,37,45)(H,39,46)(H,40,44);/t39-,43+,44-,45?,46-,47-,49+,50+,57+;20-,23-,24+,25-,26+,27+,28-,35-,36+;/m10./s1. The Labute approximate surface area is 845 Å². The van der Waals surface area contributed by atoms with Crippen LogP contribution >= 0.6 is 0 Å². The van der Waals surface area contributed by atoms with Crippen LogP contribution in [0.25, 0.3) is 11.1 Å². The van der Waals surface area contributed by atoms with Crippen LogP contribution in [-0.2, 0) is 216 Å². The van der Waals surface area contributed by atoms with Gasteiger partial charge in [-0.25, -0.2) is 14.4 Å². The molecular weight excluding hydrogens is 2020 g/mol. The Morgan fingerprint density at radius 1 is 0.599 bits per heavy atom. The number of alkyl carbamates (subject to hydrolysis) is 1. The van der Waals surface area contributed by atoms with Gasteiger partial charge in [-0.1, -0.05) is 201 Å².